The summed E-state index contributed by atoms with van der Waals surface area (Å²) < 4.78 is 5.43. The third-order valence-corrected chi connectivity index (χ3v) is 3.46. The van der Waals surface area contributed by atoms with Crippen molar-refractivity contribution < 1.29 is 9.53 Å². The summed E-state index contributed by atoms with van der Waals surface area (Å²) in [5, 5.41) is 0. The predicted molar refractivity (Wildman–Crippen MR) is 72.8 cm³/mol. The molecule has 2 nitrogen and oxygen atoms in total. The summed E-state index contributed by atoms with van der Waals surface area (Å²) in [6, 6.07) is 8.34. The van der Waals surface area contributed by atoms with Crippen LogP contribution < -0.4 is 0 Å². The molecule has 0 aromatic heterocycles. The van der Waals surface area contributed by atoms with Crippen molar-refractivity contribution in [2.45, 2.75) is 51.6 Å². The summed E-state index contributed by atoms with van der Waals surface area (Å²) in [6.45, 7) is 7.30. The van der Waals surface area contributed by atoms with Gasteiger partial charge in [0.2, 0.25) is 0 Å². The van der Waals surface area contributed by atoms with Crippen LogP contribution in [0.2, 0.25) is 0 Å². The first-order valence-corrected chi connectivity index (χ1v) is 6.70. The minimum Gasteiger partial charge on any atom is -0.370 e. The number of ether oxygens (including phenoxy) is 1. The van der Waals surface area contributed by atoms with Crippen molar-refractivity contribution in [1.29, 1.82) is 0 Å². The molecule has 0 aliphatic carbocycles. The Morgan fingerprint density at radius 2 is 2.17 bits per heavy atom. The lowest BCUT2D eigenvalue weighted by Gasteiger charge is -2.20. The van der Waals surface area contributed by atoms with Gasteiger partial charge in [0, 0.05) is 13.0 Å². The summed E-state index contributed by atoms with van der Waals surface area (Å²) in [5.41, 5.74) is 2.51. The molecule has 1 aliphatic rings. The minimum absolute atomic E-state index is 0.128. The standard InChI is InChI=1S/C16H22O2/c1-16(2,3)13-7-4-6-12(10-13)11-14(17)15-8-5-9-18-15/h4,6-7,10,15H,5,8-9,11H2,1-3H3. The maximum Gasteiger partial charge on any atom is 0.165 e. The zero-order valence-corrected chi connectivity index (χ0v) is 11.5. The molecule has 1 heterocycles. The Hall–Kier alpha value is -1.15. The Kier molecular flexibility index (Phi) is 3.86. The average molecular weight is 246 g/mol. The lowest BCUT2D eigenvalue weighted by molar-refractivity contribution is -0.127. The predicted octanol–water partition coefficient (Wildman–Crippen LogP) is 3.27. The van der Waals surface area contributed by atoms with Gasteiger partial charge in [0.05, 0.1) is 0 Å². The zero-order chi connectivity index (χ0) is 13.2. The van der Waals surface area contributed by atoms with Gasteiger partial charge in [0.1, 0.15) is 6.10 Å². The van der Waals surface area contributed by atoms with E-state index in [2.05, 4.69) is 32.9 Å². The number of benzene rings is 1. The topological polar surface area (TPSA) is 26.3 Å². The maximum atomic E-state index is 12.1. The normalized spacial score (nSPS) is 20.1. The van der Waals surface area contributed by atoms with Crippen molar-refractivity contribution in [2.75, 3.05) is 6.61 Å². The Morgan fingerprint density at radius 1 is 1.39 bits per heavy atom. The van der Waals surface area contributed by atoms with Crippen LogP contribution in [0, 0.1) is 0 Å². The number of hydrogen-bond donors (Lipinski definition) is 0. The molecule has 1 fully saturated rings. The molecule has 0 spiro atoms. The summed E-state index contributed by atoms with van der Waals surface area (Å²) in [6.07, 6.45) is 2.23. The molecular weight excluding hydrogens is 224 g/mol. The lowest BCUT2D eigenvalue weighted by atomic mass is 9.85. The number of Topliss-reactive ketones (excluding diaryl/α,β-unsaturated/α-hetero) is 1. The van der Waals surface area contributed by atoms with E-state index in [1.54, 1.807) is 0 Å². The van der Waals surface area contributed by atoms with Gasteiger partial charge in [-0.2, -0.15) is 0 Å². The largest absolute Gasteiger partial charge is 0.370 e. The van der Waals surface area contributed by atoms with Crippen molar-refractivity contribution in [1.82, 2.24) is 0 Å². The first-order valence-electron chi connectivity index (χ1n) is 6.70. The first-order chi connectivity index (χ1) is 8.47. The summed E-state index contributed by atoms with van der Waals surface area (Å²) in [4.78, 5) is 12.1. The monoisotopic (exact) mass is 246 g/mol. The Bertz CT molecular complexity index is 423. The first kappa shape index (κ1) is 13.3. The minimum atomic E-state index is -0.164. The molecule has 18 heavy (non-hydrogen) atoms. The second kappa shape index (κ2) is 5.23. The van der Waals surface area contributed by atoms with E-state index in [0.717, 1.165) is 25.0 Å². The number of carbonyl (C=O) groups excluding carboxylic acids is 1. The SMILES string of the molecule is CC(C)(C)c1cccc(CC(=O)C2CCCO2)c1. The molecule has 1 atom stereocenters. The van der Waals surface area contributed by atoms with Gasteiger partial charge in [-0.25, -0.2) is 0 Å². The van der Waals surface area contributed by atoms with Crippen LogP contribution in [0.15, 0.2) is 24.3 Å². The van der Waals surface area contributed by atoms with Crippen LogP contribution in [-0.2, 0) is 21.4 Å². The number of carbonyl (C=O) groups is 1. The van der Waals surface area contributed by atoms with Crippen LogP contribution in [-0.4, -0.2) is 18.5 Å². The molecular formula is C16H22O2. The molecule has 0 bridgehead atoms. The molecule has 98 valence electrons. The van der Waals surface area contributed by atoms with E-state index < -0.39 is 0 Å². The van der Waals surface area contributed by atoms with Crippen LogP contribution >= 0.6 is 0 Å². The third kappa shape index (κ3) is 3.20. The van der Waals surface area contributed by atoms with Gasteiger partial charge < -0.3 is 4.74 Å². The maximum absolute atomic E-state index is 12.1. The Balaban J connectivity index is 2.07. The molecule has 2 heteroatoms. The molecule has 0 amide bonds. The summed E-state index contributed by atoms with van der Waals surface area (Å²) in [7, 11) is 0. The highest BCUT2D eigenvalue weighted by Crippen LogP contribution is 2.23. The molecule has 1 unspecified atom stereocenters. The van der Waals surface area contributed by atoms with E-state index in [4.69, 9.17) is 4.74 Å². The van der Waals surface area contributed by atoms with Crippen molar-refractivity contribution in [3.05, 3.63) is 35.4 Å². The number of ketones is 1. The van der Waals surface area contributed by atoms with Gasteiger partial charge in [-0.05, 0) is 29.4 Å². The van der Waals surface area contributed by atoms with Crippen molar-refractivity contribution in [3.63, 3.8) is 0 Å². The van der Waals surface area contributed by atoms with E-state index in [-0.39, 0.29) is 17.3 Å². The quantitative estimate of drug-likeness (QED) is 0.818. The van der Waals surface area contributed by atoms with E-state index in [9.17, 15) is 4.79 Å². The van der Waals surface area contributed by atoms with Crippen molar-refractivity contribution in [3.8, 4) is 0 Å². The van der Waals surface area contributed by atoms with Crippen LogP contribution in [0.5, 0.6) is 0 Å². The molecule has 1 saturated heterocycles. The molecule has 1 aromatic carbocycles. The Labute approximate surface area is 109 Å². The van der Waals surface area contributed by atoms with E-state index in [1.165, 1.54) is 5.56 Å². The van der Waals surface area contributed by atoms with Gasteiger partial charge in [-0.1, -0.05) is 45.0 Å². The van der Waals surface area contributed by atoms with Gasteiger partial charge in [-0.3, -0.25) is 4.79 Å². The van der Waals surface area contributed by atoms with Crippen LogP contribution in [0.1, 0.15) is 44.7 Å². The molecule has 1 aliphatic heterocycles. The smallest absolute Gasteiger partial charge is 0.165 e. The fourth-order valence-corrected chi connectivity index (χ4v) is 2.29. The highest BCUT2D eigenvalue weighted by molar-refractivity contribution is 5.85. The fraction of sp³-hybridized carbons (Fsp3) is 0.562. The van der Waals surface area contributed by atoms with Gasteiger partial charge in [-0.15, -0.1) is 0 Å². The second-order valence-corrected chi connectivity index (χ2v) is 6.10. The molecule has 2 rings (SSSR count). The van der Waals surface area contributed by atoms with Crippen LogP contribution in [0.4, 0.5) is 0 Å². The van der Waals surface area contributed by atoms with Crippen LogP contribution in [0.3, 0.4) is 0 Å². The average Bonchev–Trinajstić information content (AvgIpc) is 2.81. The van der Waals surface area contributed by atoms with Gasteiger partial charge in [0.25, 0.3) is 0 Å². The van der Waals surface area contributed by atoms with E-state index in [0.29, 0.717) is 6.42 Å². The molecule has 0 saturated carbocycles. The van der Waals surface area contributed by atoms with E-state index in [1.807, 2.05) is 12.1 Å². The summed E-state index contributed by atoms with van der Waals surface area (Å²) in [5.74, 6) is 0.221. The highest BCUT2D eigenvalue weighted by atomic mass is 16.5. The third-order valence-electron chi connectivity index (χ3n) is 3.46. The molecule has 1 aromatic rings. The highest BCUT2D eigenvalue weighted by Gasteiger charge is 2.23. The summed E-state index contributed by atoms with van der Waals surface area (Å²) >= 11 is 0. The fourth-order valence-electron chi connectivity index (χ4n) is 2.29. The molecule has 0 N–H and O–H groups in total. The van der Waals surface area contributed by atoms with Crippen molar-refractivity contribution >= 4 is 5.78 Å². The second-order valence-electron chi connectivity index (χ2n) is 6.10. The number of hydrogen-bond acceptors (Lipinski definition) is 2. The van der Waals surface area contributed by atoms with E-state index >= 15 is 0 Å². The molecule has 0 radical (unpaired) electrons. The van der Waals surface area contributed by atoms with Gasteiger partial charge >= 0.3 is 0 Å². The number of rotatable bonds is 3. The zero-order valence-electron chi connectivity index (χ0n) is 11.5. The van der Waals surface area contributed by atoms with Gasteiger partial charge in [0.15, 0.2) is 5.78 Å². The van der Waals surface area contributed by atoms with Crippen molar-refractivity contribution in [2.24, 2.45) is 0 Å². The van der Waals surface area contributed by atoms with Crippen LogP contribution in [0.25, 0.3) is 0 Å². The Morgan fingerprint density at radius 3 is 2.78 bits per heavy atom. The lowest BCUT2D eigenvalue weighted by Crippen LogP contribution is -2.21.